The standard InChI is InChI=1S/C12H9Cl2F3N2OS/c13-7-3-8(21-10(7)14)11(20)19-5-6-1-2-9(18-4-6)12(15,16)17/h1-2,4,8H,3,5H2,(H,19,20). The van der Waals surface area contributed by atoms with Crippen molar-refractivity contribution in [2.45, 2.75) is 24.4 Å². The summed E-state index contributed by atoms with van der Waals surface area (Å²) in [5.41, 5.74) is -0.490. The molecule has 0 radical (unpaired) electrons. The first-order chi connectivity index (χ1) is 9.77. The largest absolute Gasteiger partial charge is 0.433 e. The van der Waals surface area contributed by atoms with Crippen LogP contribution in [0.2, 0.25) is 0 Å². The minimum Gasteiger partial charge on any atom is -0.351 e. The molecule has 0 aliphatic carbocycles. The van der Waals surface area contributed by atoms with Gasteiger partial charge in [0.25, 0.3) is 0 Å². The molecule has 0 aromatic carbocycles. The first kappa shape index (κ1) is 16.5. The smallest absolute Gasteiger partial charge is 0.351 e. The van der Waals surface area contributed by atoms with Gasteiger partial charge < -0.3 is 5.32 Å². The molecule has 1 aromatic heterocycles. The van der Waals surface area contributed by atoms with E-state index in [1.165, 1.54) is 6.07 Å². The summed E-state index contributed by atoms with van der Waals surface area (Å²) in [6.45, 7) is 0.0935. The second kappa shape index (κ2) is 6.46. The Morgan fingerprint density at radius 3 is 2.62 bits per heavy atom. The highest BCUT2D eigenvalue weighted by Crippen LogP contribution is 2.41. The summed E-state index contributed by atoms with van der Waals surface area (Å²) in [6, 6.07) is 2.15. The van der Waals surface area contributed by atoms with Gasteiger partial charge in [-0.2, -0.15) is 13.2 Å². The highest BCUT2D eigenvalue weighted by molar-refractivity contribution is 8.06. The molecular formula is C12H9Cl2F3N2OS. The van der Waals surface area contributed by atoms with E-state index in [1.807, 2.05) is 0 Å². The number of halogens is 5. The Kier molecular flexibility index (Phi) is 5.06. The average molecular weight is 357 g/mol. The van der Waals surface area contributed by atoms with Crippen LogP contribution >= 0.6 is 35.0 Å². The lowest BCUT2D eigenvalue weighted by Gasteiger charge is -2.11. The van der Waals surface area contributed by atoms with Crippen molar-refractivity contribution in [3.8, 4) is 0 Å². The fourth-order valence-corrected chi connectivity index (χ4v) is 3.30. The molecule has 1 amide bonds. The number of hydrogen-bond acceptors (Lipinski definition) is 3. The molecule has 1 aliphatic heterocycles. The van der Waals surface area contributed by atoms with Gasteiger partial charge in [0.1, 0.15) is 5.69 Å². The molecule has 114 valence electrons. The van der Waals surface area contributed by atoms with Crippen molar-refractivity contribution in [1.82, 2.24) is 10.3 Å². The van der Waals surface area contributed by atoms with Gasteiger partial charge in [-0.3, -0.25) is 9.78 Å². The summed E-state index contributed by atoms with van der Waals surface area (Å²) in [5.74, 6) is -0.270. The van der Waals surface area contributed by atoms with Crippen molar-refractivity contribution in [3.05, 3.63) is 39.0 Å². The fraction of sp³-hybridized carbons (Fsp3) is 0.333. The highest BCUT2D eigenvalue weighted by atomic mass is 35.5. The quantitative estimate of drug-likeness (QED) is 0.893. The van der Waals surface area contributed by atoms with E-state index in [0.717, 1.165) is 24.0 Å². The van der Waals surface area contributed by atoms with Crippen molar-refractivity contribution < 1.29 is 18.0 Å². The van der Waals surface area contributed by atoms with Gasteiger partial charge in [0.2, 0.25) is 5.91 Å². The van der Waals surface area contributed by atoms with Crippen LogP contribution in [0.3, 0.4) is 0 Å². The number of aromatic nitrogens is 1. The third-order valence-corrected chi connectivity index (χ3v) is 4.86. The molecule has 1 aliphatic rings. The van der Waals surface area contributed by atoms with Crippen LogP contribution < -0.4 is 5.32 Å². The number of amides is 1. The summed E-state index contributed by atoms with van der Waals surface area (Å²) >= 11 is 12.8. The summed E-state index contributed by atoms with van der Waals surface area (Å²) in [6.07, 6.45) is -3.04. The Morgan fingerprint density at radius 2 is 2.14 bits per heavy atom. The van der Waals surface area contributed by atoms with Gasteiger partial charge in [-0.25, -0.2) is 0 Å². The predicted molar refractivity (Wildman–Crippen MR) is 75.8 cm³/mol. The Balaban J connectivity index is 1.88. The van der Waals surface area contributed by atoms with E-state index in [4.69, 9.17) is 23.2 Å². The van der Waals surface area contributed by atoms with E-state index in [1.54, 1.807) is 0 Å². The van der Waals surface area contributed by atoms with Gasteiger partial charge in [-0.15, -0.1) is 0 Å². The van der Waals surface area contributed by atoms with E-state index in [0.29, 0.717) is 21.4 Å². The van der Waals surface area contributed by atoms with Crippen LogP contribution in [0.1, 0.15) is 17.7 Å². The van der Waals surface area contributed by atoms with Crippen molar-refractivity contribution in [1.29, 1.82) is 0 Å². The van der Waals surface area contributed by atoms with E-state index in [-0.39, 0.29) is 12.5 Å². The summed E-state index contributed by atoms with van der Waals surface area (Å²) in [4.78, 5) is 15.2. The van der Waals surface area contributed by atoms with E-state index in [9.17, 15) is 18.0 Å². The molecule has 1 N–H and O–H groups in total. The van der Waals surface area contributed by atoms with E-state index >= 15 is 0 Å². The van der Waals surface area contributed by atoms with Crippen LogP contribution in [0.5, 0.6) is 0 Å². The Bertz CT molecular complexity index is 561. The highest BCUT2D eigenvalue weighted by Gasteiger charge is 2.32. The molecule has 0 bridgehead atoms. The number of nitrogens with zero attached hydrogens (tertiary/aromatic N) is 1. The number of thioether (sulfide) groups is 1. The summed E-state index contributed by atoms with van der Waals surface area (Å²) in [5, 5.41) is 2.65. The number of carbonyl (C=O) groups excluding carboxylic acids is 1. The lowest BCUT2D eigenvalue weighted by atomic mass is 10.2. The minimum absolute atomic E-state index is 0.0935. The van der Waals surface area contributed by atoms with Crippen LogP contribution in [0.25, 0.3) is 0 Å². The van der Waals surface area contributed by atoms with Gasteiger partial charge in [0.15, 0.2) is 0 Å². The molecule has 1 unspecified atom stereocenters. The van der Waals surface area contributed by atoms with Crippen LogP contribution in [0.4, 0.5) is 13.2 Å². The van der Waals surface area contributed by atoms with Crippen molar-refractivity contribution in [2.75, 3.05) is 0 Å². The molecule has 0 fully saturated rings. The number of rotatable bonds is 3. The van der Waals surface area contributed by atoms with Crippen molar-refractivity contribution in [2.24, 2.45) is 0 Å². The zero-order valence-electron chi connectivity index (χ0n) is 10.4. The third-order valence-electron chi connectivity index (χ3n) is 2.70. The molecule has 0 spiro atoms. The van der Waals surface area contributed by atoms with Gasteiger partial charge in [-0.05, 0) is 11.6 Å². The molecule has 0 saturated heterocycles. The maximum atomic E-state index is 12.3. The number of hydrogen-bond donors (Lipinski definition) is 1. The normalized spacial score (nSPS) is 19.0. The maximum Gasteiger partial charge on any atom is 0.433 e. The topological polar surface area (TPSA) is 42.0 Å². The predicted octanol–water partition coefficient (Wildman–Crippen LogP) is 3.87. The molecule has 2 heterocycles. The second-order valence-corrected chi connectivity index (χ2v) is 6.53. The Labute approximate surface area is 132 Å². The summed E-state index contributed by atoms with van der Waals surface area (Å²) < 4.78 is 37.4. The lowest BCUT2D eigenvalue weighted by Crippen LogP contribution is -2.31. The molecule has 1 atom stereocenters. The number of nitrogens with one attached hydrogen (secondary N) is 1. The molecule has 3 nitrogen and oxygen atoms in total. The lowest BCUT2D eigenvalue weighted by molar-refractivity contribution is -0.141. The maximum absolute atomic E-state index is 12.3. The van der Waals surface area contributed by atoms with E-state index in [2.05, 4.69) is 10.3 Å². The van der Waals surface area contributed by atoms with Crippen LogP contribution in [0, 0.1) is 0 Å². The van der Waals surface area contributed by atoms with E-state index < -0.39 is 17.1 Å². The molecule has 9 heteroatoms. The zero-order valence-corrected chi connectivity index (χ0v) is 12.7. The van der Waals surface area contributed by atoms with Crippen LogP contribution in [-0.2, 0) is 17.5 Å². The fourth-order valence-electron chi connectivity index (χ4n) is 1.62. The van der Waals surface area contributed by atoms with Gasteiger partial charge in [0.05, 0.1) is 9.61 Å². The van der Waals surface area contributed by atoms with Crippen molar-refractivity contribution in [3.63, 3.8) is 0 Å². The average Bonchev–Trinajstić information content (AvgIpc) is 2.75. The number of alkyl halides is 3. The number of carbonyl (C=O) groups is 1. The first-order valence-electron chi connectivity index (χ1n) is 5.78. The number of allylic oxidation sites excluding steroid dienone is 1. The third kappa shape index (κ3) is 4.28. The van der Waals surface area contributed by atoms with Gasteiger partial charge >= 0.3 is 6.18 Å². The van der Waals surface area contributed by atoms with Crippen LogP contribution in [-0.4, -0.2) is 16.1 Å². The zero-order chi connectivity index (χ0) is 15.6. The van der Waals surface area contributed by atoms with Crippen molar-refractivity contribution >= 4 is 40.9 Å². The monoisotopic (exact) mass is 356 g/mol. The Morgan fingerprint density at radius 1 is 1.43 bits per heavy atom. The molecule has 21 heavy (non-hydrogen) atoms. The van der Waals surface area contributed by atoms with Gasteiger partial charge in [-0.1, -0.05) is 41.0 Å². The summed E-state index contributed by atoms with van der Waals surface area (Å²) in [7, 11) is 0. The molecular weight excluding hydrogens is 348 g/mol. The second-order valence-electron chi connectivity index (χ2n) is 4.26. The molecule has 1 aromatic rings. The SMILES string of the molecule is O=C(NCc1ccc(C(F)(F)F)nc1)C1CC(Cl)=C(Cl)S1. The van der Waals surface area contributed by atoms with Gasteiger partial charge in [0, 0.05) is 24.2 Å². The number of pyridine rings is 1. The Hall–Kier alpha value is -0.920. The minimum atomic E-state index is -4.47. The van der Waals surface area contributed by atoms with Crippen LogP contribution in [0.15, 0.2) is 27.7 Å². The molecule has 0 saturated carbocycles. The molecule has 2 rings (SSSR count). The first-order valence-corrected chi connectivity index (χ1v) is 7.41.